The van der Waals surface area contributed by atoms with Gasteiger partial charge in [0.2, 0.25) is 5.41 Å². The lowest BCUT2D eigenvalue weighted by molar-refractivity contribution is -0.288. The van der Waals surface area contributed by atoms with E-state index >= 15 is 0 Å². The number of aromatic carboxylic acids is 1. The summed E-state index contributed by atoms with van der Waals surface area (Å²) in [6.45, 7) is 4.22. The van der Waals surface area contributed by atoms with Crippen LogP contribution in [0.4, 0.5) is 37.7 Å². The fourth-order valence-electron chi connectivity index (χ4n) is 6.29. The number of amides is 1. The van der Waals surface area contributed by atoms with Gasteiger partial charge in [0.1, 0.15) is 28.7 Å². The van der Waals surface area contributed by atoms with Crippen molar-refractivity contribution in [2.45, 2.75) is 44.1 Å². The lowest BCUT2D eigenvalue weighted by atomic mass is 9.73. The van der Waals surface area contributed by atoms with Crippen LogP contribution in [0.15, 0.2) is 103 Å². The first-order valence-corrected chi connectivity index (χ1v) is 17.3. The monoisotopic (exact) mass is 824 g/mol. The van der Waals surface area contributed by atoms with Gasteiger partial charge in [0.25, 0.3) is 12.4 Å². The van der Waals surface area contributed by atoms with E-state index in [1.54, 1.807) is 19.2 Å². The molecule has 0 aliphatic carbocycles. The van der Waals surface area contributed by atoms with Gasteiger partial charge in [0.15, 0.2) is 5.78 Å². The number of carbonyl (C=O) groups excluding carboxylic acids is 3. The number of carboxylic acids is 1. The minimum atomic E-state index is -5.94. The molecule has 0 radical (unpaired) electrons. The van der Waals surface area contributed by atoms with Crippen LogP contribution in [0.3, 0.4) is 0 Å². The molecular weight excluding hydrogens is 790 g/mol. The zero-order valence-electron chi connectivity index (χ0n) is 31.4. The van der Waals surface area contributed by atoms with Crippen molar-refractivity contribution in [1.82, 2.24) is 0 Å². The van der Waals surface area contributed by atoms with Crippen molar-refractivity contribution >= 4 is 35.5 Å². The predicted octanol–water partition coefficient (Wildman–Crippen LogP) is 9.64. The van der Waals surface area contributed by atoms with Gasteiger partial charge in [0.05, 0.1) is 22.3 Å². The van der Waals surface area contributed by atoms with Gasteiger partial charge in [-0.15, -0.1) is 0 Å². The molecule has 59 heavy (non-hydrogen) atoms. The van der Waals surface area contributed by atoms with Crippen molar-refractivity contribution in [3.8, 4) is 28.7 Å². The molecular formula is C42H34F6N2O9. The Hall–Kier alpha value is -6.88. The van der Waals surface area contributed by atoms with Gasteiger partial charge in [-0.1, -0.05) is 30.3 Å². The maximum Gasteiger partial charge on any atom is 0.411 e. The molecule has 5 aromatic rings. The summed E-state index contributed by atoms with van der Waals surface area (Å²) in [5.41, 5.74) is -8.34. The molecule has 0 bridgehead atoms. The summed E-state index contributed by atoms with van der Waals surface area (Å²) in [7, 11) is 1.62. The number of anilines is 2. The van der Waals surface area contributed by atoms with Gasteiger partial charge >= 0.3 is 18.3 Å². The van der Waals surface area contributed by atoms with E-state index in [1.165, 1.54) is 45.0 Å². The second kappa shape index (κ2) is 16.5. The SMILES string of the molecule is CNc1ccc(C(C)(C)O)c(NC(=O)c2cc(Oc3ccc(C(c4ccc(Oc5ccc(OC=O)c(C(C)=O)c5)cc4)(C(F)(F)F)C(F)(F)F)cc3)ccc2C(=O)O)c1. The Morgan fingerprint density at radius 3 is 1.59 bits per heavy atom. The van der Waals surface area contributed by atoms with Gasteiger partial charge in [-0.3, -0.25) is 14.4 Å². The van der Waals surface area contributed by atoms with Crippen LogP contribution in [0.2, 0.25) is 0 Å². The van der Waals surface area contributed by atoms with Gasteiger partial charge in [-0.25, -0.2) is 4.79 Å². The standard InChI is InChI=1S/C42H34F6N2O9/c1-23(52)32-20-30(15-18-36(32)57-22-51)59-28-12-7-25(8-13-28)40(41(43,44)45,42(46,47)48)24-5-10-27(11-6-24)58-29-14-16-31(38(54)55)33(21-29)37(53)50-35-19-26(49-4)9-17-34(35)39(2,3)56/h5-22,49,56H,1-4H3,(H,50,53)(H,54,55). The fourth-order valence-corrected chi connectivity index (χ4v) is 6.29. The minimum absolute atomic E-state index is 0.0285. The quantitative estimate of drug-likeness (QED) is 0.0482. The van der Waals surface area contributed by atoms with Crippen LogP contribution in [0, 0.1) is 0 Å². The van der Waals surface area contributed by atoms with Crippen molar-refractivity contribution in [3.05, 3.63) is 137 Å². The number of rotatable bonds is 14. The van der Waals surface area contributed by atoms with Crippen molar-refractivity contribution in [3.63, 3.8) is 0 Å². The molecule has 0 aliphatic heterocycles. The van der Waals surface area contributed by atoms with Crippen LogP contribution in [0.25, 0.3) is 0 Å². The maximum atomic E-state index is 14.9. The third-order valence-corrected chi connectivity index (χ3v) is 9.08. The highest BCUT2D eigenvalue weighted by Gasteiger charge is 2.72. The van der Waals surface area contributed by atoms with Crippen LogP contribution in [-0.2, 0) is 15.8 Å². The summed E-state index contributed by atoms with van der Waals surface area (Å²) in [6, 6.07) is 17.5. The third kappa shape index (κ3) is 8.99. The molecule has 5 aromatic carbocycles. The molecule has 0 atom stereocenters. The average Bonchev–Trinajstić information content (AvgIpc) is 3.15. The van der Waals surface area contributed by atoms with Crippen LogP contribution < -0.4 is 24.8 Å². The molecule has 11 nitrogen and oxygen atoms in total. The number of nitrogens with one attached hydrogen (secondary N) is 2. The highest BCUT2D eigenvalue weighted by molar-refractivity contribution is 6.11. The molecule has 308 valence electrons. The molecule has 4 N–H and O–H groups in total. The van der Waals surface area contributed by atoms with Crippen LogP contribution in [-0.4, -0.2) is 53.7 Å². The number of ether oxygens (including phenoxy) is 3. The Labute approximate surface area is 332 Å². The Bertz CT molecular complexity index is 2380. The minimum Gasteiger partial charge on any atom is -0.478 e. The summed E-state index contributed by atoms with van der Waals surface area (Å²) in [6.07, 6.45) is -11.9. The number of halogens is 6. The summed E-state index contributed by atoms with van der Waals surface area (Å²) in [4.78, 5) is 48.3. The first-order valence-electron chi connectivity index (χ1n) is 17.3. The van der Waals surface area contributed by atoms with E-state index in [0.717, 1.165) is 42.5 Å². The topological polar surface area (TPSA) is 160 Å². The number of aliphatic hydroxyl groups is 1. The van der Waals surface area contributed by atoms with Gasteiger partial charge in [-0.05, 0) is 105 Å². The van der Waals surface area contributed by atoms with Gasteiger partial charge in [0, 0.05) is 24.0 Å². The summed E-state index contributed by atoms with van der Waals surface area (Å²) < 4.78 is 105. The Morgan fingerprint density at radius 2 is 1.15 bits per heavy atom. The molecule has 0 aromatic heterocycles. The maximum absolute atomic E-state index is 14.9. The van der Waals surface area contributed by atoms with E-state index < -0.39 is 63.3 Å². The number of benzene rings is 5. The second-order valence-corrected chi connectivity index (χ2v) is 13.5. The van der Waals surface area contributed by atoms with E-state index in [9.17, 15) is 55.7 Å². The number of carbonyl (C=O) groups is 4. The van der Waals surface area contributed by atoms with E-state index in [1.807, 2.05) is 0 Å². The second-order valence-electron chi connectivity index (χ2n) is 13.5. The molecule has 0 unspecified atom stereocenters. The molecule has 5 rings (SSSR count). The molecule has 0 spiro atoms. The molecule has 1 amide bonds. The first-order chi connectivity index (χ1) is 27.6. The number of carboxylic acid groups (broad SMARTS) is 1. The number of hydrogen-bond donors (Lipinski definition) is 4. The van der Waals surface area contributed by atoms with Gasteiger partial charge < -0.3 is 35.1 Å². The summed E-state index contributed by atoms with van der Waals surface area (Å²) in [5, 5.41) is 25.9. The Balaban J connectivity index is 1.46. The largest absolute Gasteiger partial charge is 0.478 e. The Morgan fingerprint density at radius 1 is 0.661 bits per heavy atom. The lowest BCUT2D eigenvalue weighted by Crippen LogP contribution is -2.54. The molecule has 0 aliphatic rings. The number of Topliss-reactive ketones (excluding diaryl/α,β-unsaturated/α-hetero) is 1. The van der Waals surface area contributed by atoms with Crippen molar-refractivity contribution < 1.29 is 69.9 Å². The van der Waals surface area contributed by atoms with E-state index in [4.69, 9.17) is 14.2 Å². The van der Waals surface area contributed by atoms with Crippen LogP contribution in [0.5, 0.6) is 28.7 Å². The molecule has 17 heteroatoms. The Kier molecular flexibility index (Phi) is 12.1. The number of ketones is 1. The average molecular weight is 825 g/mol. The fraction of sp³-hybridized carbons (Fsp3) is 0.190. The molecule has 0 heterocycles. The van der Waals surface area contributed by atoms with Crippen LogP contribution >= 0.6 is 0 Å². The van der Waals surface area contributed by atoms with E-state index in [0.29, 0.717) is 35.5 Å². The normalized spacial score (nSPS) is 12.0. The zero-order chi connectivity index (χ0) is 43.5. The highest BCUT2D eigenvalue weighted by Crippen LogP contribution is 2.56. The highest BCUT2D eigenvalue weighted by atomic mass is 19.4. The molecule has 0 saturated heterocycles. The van der Waals surface area contributed by atoms with Crippen molar-refractivity contribution in [2.75, 3.05) is 17.7 Å². The smallest absolute Gasteiger partial charge is 0.411 e. The van der Waals surface area contributed by atoms with Gasteiger partial charge in [-0.2, -0.15) is 26.3 Å². The predicted molar refractivity (Wildman–Crippen MR) is 202 cm³/mol. The summed E-state index contributed by atoms with van der Waals surface area (Å²) in [5.74, 6) is -3.68. The van der Waals surface area contributed by atoms with Crippen molar-refractivity contribution in [2.24, 2.45) is 0 Å². The first kappa shape index (κ1) is 43.2. The van der Waals surface area contributed by atoms with E-state index in [2.05, 4.69) is 10.6 Å². The zero-order valence-corrected chi connectivity index (χ0v) is 31.4. The molecule has 0 fully saturated rings. The van der Waals surface area contributed by atoms with Crippen LogP contribution in [0.1, 0.15) is 68.5 Å². The third-order valence-electron chi connectivity index (χ3n) is 9.08. The number of hydrogen-bond acceptors (Lipinski definition) is 9. The lowest BCUT2D eigenvalue weighted by Gasteiger charge is -2.38. The van der Waals surface area contributed by atoms with Crippen molar-refractivity contribution in [1.29, 1.82) is 0 Å². The summed E-state index contributed by atoms with van der Waals surface area (Å²) >= 11 is 0. The van der Waals surface area contributed by atoms with E-state index in [-0.39, 0.29) is 46.5 Å². The molecule has 0 saturated carbocycles. The number of alkyl halides is 6.